The lowest BCUT2D eigenvalue weighted by Crippen LogP contribution is -2.39. The highest BCUT2D eigenvalue weighted by Gasteiger charge is 2.23. The molecule has 2 N–H and O–H groups in total. The quantitative estimate of drug-likeness (QED) is 0.862. The Labute approximate surface area is 102 Å². The molecule has 0 spiro atoms. The van der Waals surface area contributed by atoms with Crippen LogP contribution in [0.15, 0.2) is 18.3 Å². The number of pyridine rings is 1. The van der Waals surface area contributed by atoms with E-state index in [0.29, 0.717) is 12.1 Å². The molecule has 0 atom stereocenters. The summed E-state index contributed by atoms with van der Waals surface area (Å²) in [6.45, 7) is 0. The third-order valence-corrected chi connectivity index (χ3v) is 3.66. The zero-order valence-electron chi connectivity index (χ0n) is 9.56. The van der Waals surface area contributed by atoms with E-state index in [4.69, 9.17) is 17.3 Å². The fourth-order valence-corrected chi connectivity index (χ4v) is 2.55. The van der Waals surface area contributed by atoms with Crippen molar-refractivity contribution in [2.75, 3.05) is 11.9 Å². The Hall–Kier alpha value is -0.800. The topological polar surface area (TPSA) is 42.2 Å². The molecule has 4 heteroatoms. The summed E-state index contributed by atoms with van der Waals surface area (Å²) in [5.74, 6) is 0.879. The molecule has 0 unspecified atom stereocenters. The molecule has 1 fully saturated rings. The molecule has 0 bridgehead atoms. The van der Waals surface area contributed by atoms with Crippen molar-refractivity contribution in [1.82, 2.24) is 4.98 Å². The number of anilines is 1. The normalized spacial score (nSPS) is 25.4. The molecule has 0 saturated heterocycles. The minimum Gasteiger partial charge on any atom is -0.355 e. The largest absolute Gasteiger partial charge is 0.355 e. The summed E-state index contributed by atoms with van der Waals surface area (Å²) in [7, 11) is 2.07. The van der Waals surface area contributed by atoms with Gasteiger partial charge in [-0.1, -0.05) is 11.6 Å². The Morgan fingerprint density at radius 1 is 1.38 bits per heavy atom. The van der Waals surface area contributed by atoms with E-state index in [1.165, 1.54) is 0 Å². The molecule has 0 amide bonds. The molecule has 0 aromatic carbocycles. The van der Waals surface area contributed by atoms with E-state index in [-0.39, 0.29) is 0 Å². The molecule has 0 aliphatic heterocycles. The first-order valence-corrected chi connectivity index (χ1v) is 6.15. The van der Waals surface area contributed by atoms with Gasteiger partial charge in [0.1, 0.15) is 5.82 Å². The number of hydrogen-bond donors (Lipinski definition) is 1. The molecule has 1 heterocycles. The first kappa shape index (κ1) is 11.7. The predicted octanol–water partition coefficient (Wildman–Crippen LogP) is 2.44. The average Bonchev–Trinajstić information content (AvgIpc) is 2.30. The van der Waals surface area contributed by atoms with Crippen molar-refractivity contribution in [3.63, 3.8) is 0 Å². The van der Waals surface area contributed by atoms with Gasteiger partial charge >= 0.3 is 0 Å². The molecule has 2 rings (SSSR count). The lowest BCUT2D eigenvalue weighted by molar-refractivity contribution is 0.384. The van der Waals surface area contributed by atoms with E-state index in [1.807, 2.05) is 12.1 Å². The van der Waals surface area contributed by atoms with Gasteiger partial charge in [-0.05, 0) is 37.8 Å². The average molecular weight is 240 g/mol. The van der Waals surface area contributed by atoms with Gasteiger partial charge in [0.2, 0.25) is 0 Å². The Bertz CT molecular complexity index is 348. The molecule has 1 aliphatic carbocycles. The van der Waals surface area contributed by atoms with Crippen molar-refractivity contribution in [2.45, 2.75) is 37.8 Å². The van der Waals surface area contributed by atoms with Crippen LogP contribution < -0.4 is 10.6 Å². The van der Waals surface area contributed by atoms with E-state index in [0.717, 1.165) is 36.5 Å². The molecular formula is C12H18ClN3. The standard InChI is InChI=1S/C12H18ClN3/c1-16(10-6-4-9(14)5-7-10)12-11(13)3-2-8-15-12/h2-3,8-10H,4-7,14H2,1H3. The summed E-state index contributed by atoms with van der Waals surface area (Å²) in [4.78, 5) is 6.52. The molecule has 16 heavy (non-hydrogen) atoms. The Morgan fingerprint density at radius 3 is 2.69 bits per heavy atom. The van der Waals surface area contributed by atoms with Crippen LogP contribution in [0.3, 0.4) is 0 Å². The fraction of sp³-hybridized carbons (Fsp3) is 0.583. The molecule has 0 radical (unpaired) electrons. The van der Waals surface area contributed by atoms with Crippen molar-refractivity contribution < 1.29 is 0 Å². The lowest BCUT2D eigenvalue weighted by Gasteiger charge is -2.34. The third kappa shape index (κ3) is 2.47. The zero-order valence-corrected chi connectivity index (χ0v) is 10.3. The maximum Gasteiger partial charge on any atom is 0.147 e. The summed E-state index contributed by atoms with van der Waals surface area (Å²) in [6, 6.07) is 4.64. The van der Waals surface area contributed by atoms with Crippen molar-refractivity contribution >= 4 is 17.4 Å². The second kappa shape index (κ2) is 5.02. The highest BCUT2D eigenvalue weighted by Crippen LogP contribution is 2.28. The van der Waals surface area contributed by atoms with Crippen molar-refractivity contribution in [2.24, 2.45) is 5.73 Å². The molecule has 88 valence electrons. The summed E-state index contributed by atoms with van der Waals surface area (Å²) in [5.41, 5.74) is 5.91. The van der Waals surface area contributed by atoms with Gasteiger partial charge < -0.3 is 10.6 Å². The highest BCUT2D eigenvalue weighted by molar-refractivity contribution is 6.32. The lowest BCUT2D eigenvalue weighted by atomic mass is 9.91. The van der Waals surface area contributed by atoms with Crippen LogP contribution in [0.25, 0.3) is 0 Å². The number of rotatable bonds is 2. The van der Waals surface area contributed by atoms with Crippen LogP contribution in [0.1, 0.15) is 25.7 Å². The number of hydrogen-bond acceptors (Lipinski definition) is 3. The first-order chi connectivity index (χ1) is 7.68. The fourth-order valence-electron chi connectivity index (χ4n) is 2.30. The van der Waals surface area contributed by atoms with Gasteiger partial charge in [0.25, 0.3) is 0 Å². The Morgan fingerprint density at radius 2 is 2.06 bits per heavy atom. The van der Waals surface area contributed by atoms with Gasteiger partial charge in [0, 0.05) is 25.3 Å². The molecule has 1 aromatic heterocycles. The van der Waals surface area contributed by atoms with E-state index in [1.54, 1.807) is 6.20 Å². The smallest absolute Gasteiger partial charge is 0.147 e. The molecule has 1 saturated carbocycles. The van der Waals surface area contributed by atoms with Crippen molar-refractivity contribution in [3.8, 4) is 0 Å². The maximum atomic E-state index is 6.14. The van der Waals surface area contributed by atoms with Crippen LogP contribution in [-0.4, -0.2) is 24.1 Å². The van der Waals surface area contributed by atoms with Gasteiger partial charge in [0.05, 0.1) is 5.02 Å². The summed E-state index contributed by atoms with van der Waals surface area (Å²) >= 11 is 6.14. The number of nitrogens with two attached hydrogens (primary N) is 1. The number of aromatic nitrogens is 1. The number of halogens is 1. The highest BCUT2D eigenvalue weighted by atomic mass is 35.5. The molecule has 1 aromatic rings. The van der Waals surface area contributed by atoms with Gasteiger partial charge in [-0.15, -0.1) is 0 Å². The maximum absolute atomic E-state index is 6.14. The van der Waals surface area contributed by atoms with E-state index >= 15 is 0 Å². The number of nitrogens with zero attached hydrogens (tertiary/aromatic N) is 2. The Balaban J connectivity index is 2.07. The van der Waals surface area contributed by atoms with Gasteiger partial charge in [-0.3, -0.25) is 0 Å². The second-order valence-corrected chi connectivity index (χ2v) is 4.90. The minimum absolute atomic E-state index is 0.379. The van der Waals surface area contributed by atoms with Gasteiger partial charge in [-0.25, -0.2) is 4.98 Å². The molecule has 1 aliphatic rings. The van der Waals surface area contributed by atoms with E-state index in [2.05, 4.69) is 16.9 Å². The zero-order chi connectivity index (χ0) is 11.5. The summed E-state index contributed by atoms with van der Waals surface area (Å²) in [5, 5.41) is 0.722. The van der Waals surface area contributed by atoms with Gasteiger partial charge in [-0.2, -0.15) is 0 Å². The summed E-state index contributed by atoms with van der Waals surface area (Å²) in [6.07, 6.45) is 6.24. The van der Waals surface area contributed by atoms with Crippen LogP contribution in [0.2, 0.25) is 5.02 Å². The van der Waals surface area contributed by atoms with Crippen LogP contribution in [0, 0.1) is 0 Å². The predicted molar refractivity (Wildman–Crippen MR) is 67.9 cm³/mol. The second-order valence-electron chi connectivity index (χ2n) is 4.49. The molecule has 3 nitrogen and oxygen atoms in total. The Kier molecular flexibility index (Phi) is 3.66. The van der Waals surface area contributed by atoms with Crippen LogP contribution >= 0.6 is 11.6 Å². The molecular weight excluding hydrogens is 222 g/mol. The van der Waals surface area contributed by atoms with E-state index in [9.17, 15) is 0 Å². The van der Waals surface area contributed by atoms with Crippen molar-refractivity contribution in [1.29, 1.82) is 0 Å². The van der Waals surface area contributed by atoms with E-state index < -0.39 is 0 Å². The SMILES string of the molecule is CN(c1ncccc1Cl)C1CCC(N)CC1. The third-order valence-electron chi connectivity index (χ3n) is 3.36. The van der Waals surface area contributed by atoms with Gasteiger partial charge in [0.15, 0.2) is 0 Å². The van der Waals surface area contributed by atoms with Crippen LogP contribution in [-0.2, 0) is 0 Å². The first-order valence-electron chi connectivity index (χ1n) is 5.77. The van der Waals surface area contributed by atoms with Crippen molar-refractivity contribution in [3.05, 3.63) is 23.4 Å². The minimum atomic E-state index is 0.379. The monoisotopic (exact) mass is 239 g/mol. The van der Waals surface area contributed by atoms with Crippen LogP contribution in [0.4, 0.5) is 5.82 Å². The van der Waals surface area contributed by atoms with Crippen LogP contribution in [0.5, 0.6) is 0 Å². The summed E-state index contributed by atoms with van der Waals surface area (Å²) < 4.78 is 0.